The smallest absolute Gasteiger partial charge is 0.295 e. The monoisotopic (exact) mass is 154 g/mol. The molecule has 0 spiro atoms. The molecule has 1 fully saturated rings. The Kier molecular flexibility index (Phi) is 1.45. The minimum absolute atomic E-state index is 0.0637. The quantitative estimate of drug-likeness (QED) is 0.506. The van der Waals surface area contributed by atoms with Crippen molar-refractivity contribution in [3.8, 4) is 0 Å². The number of fused-ring (bicyclic) bond motifs is 2. The van der Waals surface area contributed by atoms with Gasteiger partial charge in [-0.25, -0.2) is 0 Å². The number of hydrogen-bond acceptors (Lipinski definition) is 4. The van der Waals surface area contributed by atoms with Gasteiger partial charge in [0, 0.05) is 25.5 Å². The summed E-state index contributed by atoms with van der Waals surface area (Å²) in [6.45, 7) is 3.31. The third-order valence-corrected chi connectivity index (χ3v) is 2.09. The summed E-state index contributed by atoms with van der Waals surface area (Å²) in [6.07, 6.45) is 3.92. The molecule has 0 saturated carbocycles. The standard InChI is InChI=1S/C7H10N2O2/c10-6-11-7-5-8-1-3-9(7)4-2-8/h1,3,6-7H,2,4-5H2. The van der Waals surface area contributed by atoms with Gasteiger partial charge in [0.1, 0.15) is 0 Å². The fourth-order valence-electron chi connectivity index (χ4n) is 1.46. The topological polar surface area (TPSA) is 32.8 Å². The first-order valence-electron chi connectivity index (χ1n) is 3.67. The average Bonchev–Trinajstić information content (AvgIpc) is 2.07. The highest BCUT2D eigenvalue weighted by Crippen LogP contribution is 2.16. The summed E-state index contributed by atoms with van der Waals surface area (Å²) in [5, 5.41) is 0. The van der Waals surface area contributed by atoms with Crippen LogP contribution in [0, 0.1) is 0 Å². The molecule has 3 aliphatic heterocycles. The number of piperazine rings is 1. The average molecular weight is 154 g/mol. The molecule has 0 aromatic rings. The summed E-state index contributed by atoms with van der Waals surface area (Å²) in [7, 11) is 0. The van der Waals surface area contributed by atoms with Gasteiger partial charge in [0.2, 0.25) is 0 Å². The zero-order valence-electron chi connectivity index (χ0n) is 6.14. The van der Waals surface area contributed by atoms with Crippen molar-refractivity contribution in [1.29, 1.82) is 0 Å². The van der Waals surface area contributed by atoms with E-state index in [0.717, 1.165) is 19.6 Å². The second-order valence-corrected chi connectivity index (χ2v) is 2.72. The van der Waals surface area contributed by atoms with E-state index in [4.69, 9.17) is 4.74 Å². The van der Waals surface area contributed by atoms with Gasteiger partial charge >= 0.3 is 0 Å². The van der Waals surface area contributed by atoms with E-state index in [1.54, 1.807) is 0 Å². The lowest BCUT2D eigenvalue weighted by Gasteiger charge is -2.43. The molecule has 0 N–H and O–H groups in total. The molecule has 0 aromatic heterocycles. The van der Waals surface area contributed by atoms with Crippen molar-refractivity contribution in [3.05, 3.63) is 12.4 Å². The Bertz CT molecular complexity index is 193. The summed E-state index contributed by atoms with van der Waals surface area (Å²) in [4.78, 5) is 14.2. The SMILES string of the molecule is O=COC1CN2C=CN1CC2. The van der Waals surface area contributed by atoms with Gasteiger partial charge in [-0.15, -0.1) is 0 Å². The Balaban J connectivity index is 2.05. The van der Waals surface area contributed by atoms with Crippen LogP contribution in [0.5, 0.6) is 0 Å². The van der Waals surface area contributed by atoms with Crippen molar-refractivity contribution in [1.82, 2.24) is 9.80 Å². The second-order valence-electron chi connectivity index (χ2n) is 2.72. The van der Waals surface area contributed by atoms with Crippen molar-refractivity contribution in [3.63, 3.8) is 0 Å². The van der Waals surface area contributed by atoms with E-state index >= 15 is 0 Å². The van der Waals surface area contributed by atoms with Crippen molar-refractivity contribution in [2.75, 3.05) is 19.6 Å². The zero-order chi connectivity index (χ0) is 7.68. The summed E-state index contributed by atoms with van der Waals surface area (Å²) in [6, 6.07) is 0. The van der Waals surface area contributed by atoms with Crippen LogP contribution in [-0.4, -0.2) is 42.1 Å². The predicted molar refractivity (Wildman–Crippen MR) is 38.4 cm³/mol. The Hall–Kier alpha value is -1.19. The van der Waals surface area contributed by atoms with Crippen molar-refractivity contribution < 1.29 is 9.53 Å². The van der Waals surface area contributed by atoms with Crippen LogP contribution < -0.4 is 0 Å². The molecule has 1 saturated heterocycles. The van der Waals surface area contributed by atoms with Gasteiger partial charge in [-0.3, -0.25) is 4.79 Å². The van der Waals surface area contributed by atoms with Crippen LogP contribution in [0.2, 0.25) is 0 Å². The molecule has 3 heterocycles. The third kappa shape index (κ3) is 1.04. The molecule has 11 heavy (non-hydrogen) atoms. The van der Waals surface area contributed by atoms with Crippen LogP contribution in [0.1, 0.15) is 0 Å². The Morgan fingerprint density at radius 1 is 1.45 bits per heavy atom. The lowest BCUT2D eigenvalue weighted by atomic mass is 10.2. The molecule has 4 nitrogen and oxygen atoms in total. The van der Waals surface area contributed by atoms with Gasteiger partial charge in [0.05, 0.1) is 6.54 Å². The molecule has 1 atom stereocenters. The maximum atomic E-state index is 10.1. The minimum Gasteiger partial charge on any atom is -0.442 e. The van der Waals surface area contributed by atoms with E-state index in [2.05, 4.69) is 4.90 Å². The fourth-order valence-corrected chi connectivity index (χ4v) is 1.46. The summed E-state index contributed by atoms with van der Waals surface area (Å²) in [5.41, 5.74) is 0. The number of hydrogen-bond donors (Lipinski definition) is 0. The first-order chi connectivity index (χ1) is 5.40. The Labute approximate surface area is 65.0 Å². The van der Waals surface area contributed by atoms with E-state index in [9.17, 15) is 4.79 Å². The van der Waals surface area contributed by atoms with Crippen LogP contribution in [0.25, 0.3) is 0 Å². The van der Waals surface area contributed by atoms with Crippen LogP contribution in [-0.2, 0) is 9.53 Å². The minimum atomic E-state index is -0.0637. The van der Waals surface area contributed by atoms with Gasteiger partial charge in [-0.2, -0.15) is 0 Å². The lowest BCUT2D eigenvalue weighted by molar-refractivity contribution is -0.146. The van der Waals surface area contributed by atoms with Crippen molar-refractivity contribution >= 4 is 6.47 Å². The molecule has 2 bridgehead atoms. The van der Waals surface area contributed by atoms with Crippen LogP contribution >= 0.6 is 0 Å². The van der Waals surface area contributed by atoms with Crippen LogP contribution in [0.4, 0.5) is 0 Å². The highest BCUT2D eigenvalue weighted by atomic mass is 16.5. The van der Waals surface area contributed by atoms with Gasteiger partial charge in [0.15, 0.2) is 6.23 Å². The molecule has 3 rings (SSSR count). The van der Waals surface area contributed by atoms with Gasteiger partial charge < -0.3 is 14.5 Å². The number of nitrogens with zero attached hydrogens (tertiary/aromatic N) is 2. The highest BCUT2D eigenvalue weighted by Gasteiger charge is 2.27. The third-order valence-electron chi connectivity index (χ3n) is 2.09. The molecule has 0 aliphatic carbocycles. The fraction of sp³-hybridized carbons (Fsp3) is 0.571. The van der Waals surface area contributed by atoms with E-state index in [-0.39, 0.29) is 6.23 Å². The van der Waals surface area contributed by atoms with Crippen molar-refractivity contribution in [2.24, 2.45) is 0 Å². The van der Waals surface area contributed by atoms with Gasteiger partial charge in [0.25, 0.3) is 6.47 Å². The molecular formula is C7H10N2O2. The maximum Gasteiger partial charge on any atom is 0.295 e. The Morgan fingerprint density at radius 2 is 2.36 bits per heavy atom. The first-order valence-corrected chi connectivity index (χ1v) is 3.67. The molecule has 60 valence electrons. The molecule has 4 heteroatoms. The molecule has 0 amide bonds. The summed E-state index contributed by atoms with van der Waals surface area (Å²) in [5.74, 6) is 0. The normalized spacial score (nSPS) is 27.5. The molecule has 1 unspecified atom stereocenters. The highest BCUT2D eigenvalue weighted by molar-refractivity contribution is 5.37. The number of carbonyl (C=O) groups is 1. The van der Waals surface area contributed by atoms with Gasteiger partial charge in [-0.05, 0) is 0 Å². The second kappa shape index (κ2) is 2.45. The molecule has 3 aliphatic rings. The number of ether oxygens (including phenoxy) is 1. The summed E-state index contributed by atoms with van der Waals surface area (Å²) >= 11 is 0. The van der Waals surface area contributed by atoms with E-state index in [0.29, 0.717) is 6.47 Å². The summed E-state index contributed by atoms with van der Waals surface area (Å²) < 4.78 is 4.87. The van der Waals surface area contributed by atoms with E-state index < -0.39 is 0 Å². The predicted octanol–water partition coefficient (Wildman–Crippen LogP) is -0.412. The molecule has 0 radical (unpaired) electrons. The molecule has 0 aromatic carbocycles. The Morgan fingerprint density at radius 3 is 2.82 bits per heavy atom. The van der Waals surface area contributed by atoms with E-state index in [1.807, 2.05) is 17.3 Å². The van der Waals surface area contributed by atoms with Crippen LogP contribution in [0.15, 0.2) is 12.4 Å². The van der Waals surface area contributed by atoms with Crippen molar-refractivity contribution in [2.45, 2.75) is 6.23 Å². The largest absolute Gasteiger partial charge is 0.442 e. The lowest BCUT2D eigenvalue weighted by Crippen LogP contribution is -2.53. The van der Waals surface area contributed by atoms with Gasteiger partial charge in [-0.1, -0.05) is 0 Å². The van der Waals surface area contributed by atoms with Crippen LogP contribution in [0.3, 0.4) is 0 Å². The number of carbonyl (C=O) groups excluding carboxylic acids is 1. The number of rotatable bonds is 2. The maximum absolute atomic E-state index is 10.1. The zero-order valence-corrected chi connectivity index (χ0v) is 6.14. The van der Waals surface area contributed by atoms with E-state index in [1.165, 1.54) is 0 Å². The molecular weight excluding hydrogens is 144 g/mol. The first kappa shape index (κ1) is 6.52.